The molecule has 0 radical (unpaired) electrons. The van der Waals surface area contributed by atoms with E-state index in [1.165, 1.54) is 0 Å². The normalized spacial score (nSPS) is 15.3. The monoisotopic (exact) mass is 253 g/mol. The summed E-state index contributed by atoms with van der Waals surface area (Å²) < 4.78 is 16.1. The van der Waals surface area contributed by atoms with Gasteiger partial charge in [-0.15, -0.1) is 0 Å². The lowest BCUT2D eigenvalue weighted by molar-refractivity contribution is -0.132. The summed E-state index contributed by atoms with van der Waals surface area (Å²) in [6.07, 6.45) is 0.226. The van der Waals surface area contributed by atoms with Gasteiger partial charge >= 0.3 is 0 Å². The lowest BCUT2D eigenvalue weighted by atomic mass is 10.2. The minimum atomic E-state index is 0.226. The summed E-state index contributed by atoms with van der Waals surface area (Å²) in [6.45, 7) is 2.39. The maximum Gasteiger partial charge on any atom is 0.129 e. The maximum atomic E-state index is 5.60. The van der Waals surface area contributed by atoms with Crippen LogP contribution in [0.15, 0.2) is 24.3 Å². The minimum absolute atomic E-state index is 0.226. The molecule has 5 heteroatoms. The van der Waals surface area contributed by atoms with Gasteiger partial charge in [-0.05, 0) is 12.1 Å². The third-order valence-corrected chi connectivity index (χ3v) is 2.67. The Morgan fingerprint density at radius 3 is 2.76 bits per heavy atom. The van der Waals surface area contributed by atoms with Crippen LogP contribution in [0.4, 0.5) is 0 Å². The van der Waals surface area contributed by atoms with Gasteiger partial charge in [0.05, 0.1) is 25.4 Å². The van der Waals surface area contributed by atoms with Crippen LogP contribution in [0.5, 0.6) is 5.75 Å². The number of para-hydroxylation sites is 1. The van der Waals surface area contributed by atoms with E-state index in [2.05, 4.69) is 0 Å². The first-order chi connectivity index (χ1) is 8.27. The van der Waals surface area contributed by atoms with Crippen molar-refractivity contribution < 1.29 is 14.2 Å². The molecule has 1 fully saturated rings. The number of ether oxygens (including phenoxy) is 3. The van der Waals surface area contributed by atoms with E-state index in [9.17, 15) is 0 Å². The van der Waals surface area contributed by atoms with Crippen molar-refractivity contribution in [3.05, 3.63) is 29.8 Å². The molecule has 4 nitrogen and oxygen atoms in total. The fourth-order valence-electron chi connectivity index (χ4n) is 1.47. The Balaban J connectivity index is 1.79. The van der Waals surface area contributed by atoms with E-state index in [-0.39, 0.29) is 6.10 Å². The predicted octanol–water partition coefficient (Wildman–Crippen LogP) is 1.11. The molecule has 0 bridgehead atoms. The van der Waals surface area contributed by atoms with Gasteiger partial charge in [-0.3, -0.25) is 0 Å². The highest BCUT2D eigenvalue weighted by molar-refractivity contribution is 7.80. The zero-order valence-electron chi connectivity index (χ0n) is 9.43. The molecular formula is C12H15NO3S. The molecule has 0 saturated carbocycles. The molecule has 2 rings (SSSR count). The first kappa shape index (κ1) is 12.3. The van der Waals surface area contributed by atoms with Crippen LogP contribution in [0.25, 0.3) is 0 Å². The standard InChI is InChI=1S/C12H15NO3S/c13-12(17)10-3-1-2-4-11(10)16-6-5-15-9-7-14-8-9/h1-4,9H,5-8H2,(H2,13,17). The van der Waals surface area contributed by atoms with Gasteiger partial charge in [-0.2, -0.15) is 0 Å². The molecule has 92 valence electrons. The van der Waals surface area contributed by atoms with E-state index in [1.807, 2.05) is 24.3 Å². The molecular weight excluding hydrogens is 238 g/mol. The lowest BCUT2D eigenvalue weighted by Crippen LogP contribution is -2.37. The van der Waals surface area contributed by atoms with Gasteiger partial charge in [-0.1, -0.05) is 24.4 Å². The second-order valence-electron chi connectivity index (χ2n) is 3.74. The van der Waals surface area contributed by atoms with E-state index in [0.29, 0.717) is 37.2 Å². The van der Waals surface area contributed by atoms with Crippen molar-refractivity contribution in [2.75, 3.05) is 26.4 Å². The first-order valence-electron chi connectivity index (χ1n) is 5.48. The maximum absolute atomic E-state index is 5.60. The van der Waals surface area contributed by atoms with Crippen LogP contribution in [0.3, 0.4) is 0 Å². The molecule has 0 aromatic heterocycles. The molecule has 1 saturated heterocycles. The van der Waals surface area contributed by atoms with E-state index in [1.54, 1.807) is 0 Å². The molecule has 0 aliphatic carbocycles. The van der Waals surface area contributed by atoms with Gasteiger partial charge in [0, 0.05) is 0 Å². The van der Waals surface area contributed by atoms with Crippen molar-refractivity contribution in [3.63, 3.8) is 0 Å². The van der Waals surface area contributed by atoms with E-state index in [4.69, 9.17) is 32.2 Å². The van der Waals surface area contributed by atoms with Crippen molar-refractivity contribution >= 4 is 17.2 Å². The van der Waals surface area contributed by atoms with Crippen LogP contribution in [0.1, 0.15) is 5.56 Å². The SMILES string of the molecule is NC(=S)c1ccccc1OCCOC1COC1. The average molecular weight is 253 g/mol. The van der Waals surface area contributed by atoms with Crippen LogP contribution in [-0.2, 0) is 9.47 Å². The second-order valence-corrected chi connectivity index (χ2v) is 4.18. The van der Waals surface area contributed by atoms with Crippen molar-refractivity contribution in [2.45, 2.75) is 6.10 Å². The van der Waals surface area contributed by atoms with Gasteiger partial charge in [0.2, 0.25) is 0 Å². The summed E-state index contributed by atoms with van der Waals surface area (Å²) in [6, 6.07) is 7.46. The van der Waals surface area contributed by atoms with Crippen molar-refractivity contribution in [3.8, 4) is 5.75 Å². The third-order valence-electron chi connectivity index (χ3n) is 2.45. The molecule has 1 aromatic rings. The van der Waals surface area contributed by atoms with Gasteiger partial charge in [0.25, 0.3) is 0 Å². The Kier molecular flexibility index (Phi) is 4.30. The molecule has 17 heavy (non-hydrogen) atoms. The van der Waals surface area contributed by atoms with Crippen molar-refractivity contribution in [1.82, 2.24) is 0 Å². The predicted molar refractivity (Wildman–Crippen MR) is 68.4 cm³/mol. The molecule has 1 heterocycles. The summed E-state index contributed by atoms with van der Waals surface area (Å²) in [5.74, 6) is 0.702. The minimum Gasteiger partial charge on any atom is -0.490 e. The van der Waals surface area contributed by atoms with Gasteiger partial charge in [0.15, 0.2) is 0 Å². The molecule has 0 unspecified atom stereocenters. The van der Waals surface area contributed by atoms with E-state index >= 15 is 0 Å². The van der Waals surface area contributed by atoms with Crippen molar-refractivity contribution in [1.29, 1.82) is 0 Å². The van der Waals surface area contributed by atoms with Gasteiger partial charge in [-0.25, -0.2) is 0 Å². The summed E-state index contributed by atoms with van der Waals surface area (Å²) >= 11 is 4.95. The molecule has 2 N–H and O–H groups in total. The molecule has 0 amide bonds. The van der Waals surface area contributed by atoms with Crippen LogP contribution in [0.2, 0.25) is 0 Å². The van der Waals surface area contributed by atoms with Gasteiger partial charge < -0.3 is 19.9 Å². The summed E-state index contributed by atoms with van der Waals surface area (Å²) in [5, 5.41) is 0. The lowest BCUT2D eigenvalue weighted by Gasteiger charge is -2.25. The number of rotatable bonds is 6. The van der Waals surface area contributed by atoms with Gasteiger partial charge in [0.1, 0.15) is 23.4 Å². The van der Waals surface area contributed by atoms with Crippen molar-refractivity contribution in [2.24, 2.45) is 5.73 Å². The zero-order valence-corrected chi connectivity index (χ0v) is 10.2. The van der Waals surface area contributed by atoms with Crippen LogP contribution in [-0.4, -0.2) is 37.5 Å². The molecule has 1 aromatic carbocycles. The summed E-state index contributed by atoms with van der Waals surface area (Å²) in [4.78, 5) is 0.342. The van der Waals surface area contributed by atoms with Crippen LogP contribution in [0, 0.1) is 0 Å². The number of hydrogen-bond acceptors (Lipinski definition) is 4. The number of hydrogen-bond donors (Lipinski definition) is 1. The second kappa shape index (κ2) is 5.95. The van der Waals surface area contributed by atoms with Crippen LogP contribution < -0.4 is 10.5 Å². The highest BCUT2D eigenvalue weighted by Gasteiger charge is 2.18. The molecule has 1 aliphatic rings. The Morgan fingerprint density at radius 1 is 1.35 bits per heavy atom. The van der Waals surface area contributed by atoms with Crippen LogP contribution >= 0.6 is 12.2 Å². The topological polar surface area (TPSA) is 53.7 Å². The fourth-order valence-corrected chi connectivity index (χ4v) is 1.64. The highest BCUT2D eigenvalue weighted by Crippen LogP contribution is 2.17. The first-order valence-corrected chi connectivity index (χ1v) is 5.89. The average Bonchev–Trinajstić information content (AvgIpc) is 2.26. The number of nitrogens with two attached hydrogens (primary N) is 1. The third kappa shape index (κ3) is 3.39. The molecule has 1 aliphatic heterocycles. The fraction of sp³-hybridized carbons (Fsp3) is 0.417. The number of thiocarbonyl (C=S) groups is 1. The van der Waals surface area contributed by atoms with E-state index in [0.717, 1.165) is 5.56 Å². The summed E-state index contributed by atoms with van der Waals surface area (Å²) in [7, 11) is 0. The number of benzene rings is 1. The van der Waals surface area contributed by atoms with E-state index < -0.39 is 0 Å². The Hall–Kier alpha value is -1.17. The quantitative estimate of drug-likeness (QED) is 0.608. The zero-order chi connectivity index (χ0) is 12.1. The molecule has 0 spiro atoms. The Morgan fingerprint density at radius 2 is 2.12 bits per heavy atom. The summed E-state index contributed by atoms with van der Waals surface area (Å²) in [5.41, 5.74) is 6.36. The highest BCUT2D eigenvalue weighted by atomic mass is 32.1. The largest absolute Gasteiger partial charge is 0.490 e. The molecule has 0 atom stereocenters. The Bertz CT molecular complexity index is 393. The Labute approximate surface area is 106 Å². The smallest absolute Gasteiger partial charge is 0.129 e.